The van der Waals surface area contributed by atoms with Crippen molar-refractivity contribution in [1.82, 2.24) is 5.32 Å². The van der Waals surface area contributed by atoms with E-state index in [1.165, 1.54) is 6.20 Å². The summed E-state index contributed by atoms with van der Waals surface area (Å²) in [5.74, 6) is -0.256. The Kier molecular flexibility index (Phi) is 5.17. The Labute approximate surface area is 145 Å². The molecule has 25 heavy (non-hydrogen) atoms. The van der Waals surface area contributed by atoms with Gasteiger partial charge in [-0.3, -0.25) is 4.79 Å². The maximum atomic E-state index is 12.1. The molecule has 6 nitrogen and oxygen atoms in total. The normalized spacial score (nSPS) is 17.2. The number of fused-ring (bicyclic) bond motifs is 1. The summed E-state index contributed by atoms with van der Waals surface area (Å²) in [6.45, 7) is 1.12. The van der Waals surface area contributed by atoms with Gasteiger partial charge < -0.3 is 20.5 Å². The molecule has 3 N–H and O–H groups in total. The second kappa shape index (κ2) is 7.69. The highest BCUT2D eigenvalue weighted by molar-refractivity contribution is 6.00. The molecule has 0 radical (unpaired) electrons. The lowest BCUT2D eigenvalue weighted by atomic mass is 10.1. The first kappa shape index (κ1) is 16.8. The Hall–Kier alpha value is -3.04. The van der Waals surface area contributed by atoms with E-state index in [1.807, 2.05) is 18.2 Å². The second-order valence-corrected chi connectivity index (χ2v) is 5.84. The van der Waals surface area contributed by atoms with Crippen LogP contribution in [-0.2, 0) is 9.53 Å². The number of anilines is 1. The molecular formula is C19H19N3O3. The van der Waals surface area contributed by atoms with Crippen molar-refractivity contribution in [2.24, 2.45) is 0 Å². The monoisotopic (exact) mass is 337 g/mol. The van der Waals surface area contributed by atoms with Crippen LogP contribution in [0.15, 0.2) is 48.2 Å². The summed E-state index contributed by atoms with van der Waals surface area (Å²) < 4.78 is 5.45. The highest BCUT2D eigenvalue weighted by Crippen LogP contribution is 2.29. The summed E-state index contributed by atoms with van der Waals surface area (Å²) in [5, 5.41) is 26.4. The minimum absolute atomic E-state index is 0.0184. The summed E-state index contributed by atoms with van der Waals surface area (Å²) in [5.41, 5.74) is 0.684. The average molecular weight is 337 g/mol. The van der Waals surface area contributed by atoms with E-state index in [0.717, 1.165) is 24.8 Å². The van der Waals surface area contributed by atoms with E-state index < -0.39 is 5.91 Å². The Morgan fingerprint density at radius 3 is 2.88 bits per heavy atom. The number of phenols is 1. The summed E-state index contributed by atoms with van der Waals surface area (Å²) in [7, 11) is 0. The summed E-state index contributed by atoms with van der Waals surface area (Å²) in [4.78, 5) is 12.1. The van der Waals surface area contributed by atoms with Crippen LogP contribution in [0.1, 0.15) is 12.8 Å². The third kappa shape index (κ3) is 3.90. The molecule has 1 amide bonds. The zero-order valence-electron chi connectivity index (χ0n) is 13.7. The first-order chi connectivity index (χ1) is 12.2. The molecule has 1 heterocycles. The van der Waals surface area contributed by atoms with E-state index in [2.05, 4.69) is 10.6 Å². The maximum absolute atomic E-state index is 12.1. The predicted molar refractivity (Wildman–Crippen MR) is 94.9 cm³/mol. The molecule has 6 heteroatoms. The van der Waals surface area contributed by atoms with Crippen molar-refractivity contribution in [2.45, 2.75) is 18.9 Å². The first-order valence-corrected chi connectivity index (χ1v) is 8.16. The van der Waals surface area contributed by atoms with Crippen LogP contribution < -0.4 is 10.6 Å². The van der Waals surface area contributed by atoms with Gasteiger partial charge in [0, 0.05) is 35.8 Å². The van der Waals surface area contributed by atoms with Crippen LogP contribution in [0.4, 0.5) is 5.69 Å². The van der Waals surface area contributed by atoms with Crippen molar-refractivity contribution in [3.63, 3.8) is 0 Å². The van der Waals surface area contributed by atoms with E-state index in [9.17, 15) is 15.2 Å². The van der Waals surface area contributed by atoms with Gasteiger partial charge in [0.05, 0.1) is 6.10 Å². The number of ether oxygens (including phenoxy) is 1. The van der Waals surface area contributed by atoms with Gasteiger partial charge in [-0.1, -0.05) is 24.3 Å². The van der Waals surface area contributed by atoms with Crippen LogP contribution in [0.25, 0.3) is 10.8 Å². The van der Waals surface area contributed by atoms with E-state index >= 15 is 0 Å². The number of carbonyl (C=O) groups is 1. The van der Waals surface area contributed by atoms with Crippen molar-refractivity contribution < 1.29 is 14.6 Å². The molecule has 3 rings (SSSR count). The lowest BCUT2D eigenvalue weighted by Gasteiger charge is -2.11. The summed E-state index contributed by atoms with van der Waals surface area (Å²) in [6, 6.07) is 12.5. The molecule has 0 aliphatic carbocycles. The quantitative estimate of drug-likeness (QED) is 0.576. The van der Waals surface area contributed by atoms with Crippen molar-refractivity contribution in [3.05, 3.63) is 48.2 Å². The van der Waals surface area contributed by atoms with Gasteiger partial charge in [0.1, 0.15) is 17.4 Å². The fourth-order valence-corrected chi connectivity index (χ4v) is 2.82. The fraction of sp³-hybridized carbons (Fsp3) is 0.263. The molecule has 1 aliphatic rings. The van der Waals surface area contributed by atoms with Crippen LogP contribution in [0, 0.1) is 11.3 Å². The Morgan fingerprint density at radius 1 is 1.32 bits per heavy atom. The Morgan fingerprint density at radius 2 is 2.12 bits per heavy atom. The van der Waals surface area contributed by atoms with Crippen molar-refractivity contribution >= 4 is 22.4 Å². The molecule has 0 aromatic heterocycles. The number of aromatic hydroxyl groups is 1. The highest BCUT2D eigenvalue weighted by atomic mass is 16.5. The number of phenolic OH excluding ortho intramolecular Hbond substituents is 1. The number of hydrogen-bond acceptors (Lipinski definition) is 5. The predicted octanol–water partition coefficient (Wildman–Crippen LogP) is 2.66. The van der Waals surface area contributed by atoms with Crippen molar-refractivity contribution in [3.8, 4) is 11.8 Å². The third-order valence-electron chi connectivity index (χ3n) is 4.15. The first-order valence-electron chi connectivity index (χ1n) is 8.16. The zero-order valence-corrected chi connectivity index (χ0v) is 13.7. The number of nitrogens with one attached hydrogen (secondary N) is 2. The topological polar surface area (TPSA) is 94.4 Å². The van der Waals surface area contributed by atoms with E-state index in [-0.39, 0.29) is 17.4 Å². The van der Waals surface area contributed by atoms with Gasteiger partial charge >= 0.3 is 0 Å². The van der Waals surface area contributed by atoms with Gasteiger partial charge in [-0.05, 0) is 25.0 Å². The molecule has 128 valence electrons. The second-order valence-electron chi connectivity index (χ2n) is 5.84. The molecule has 0 spiro atoms. The van der Waals surface area contributed by atoms with Crippen LogP contribution in [0.5, 0.6) is 5.75 Å². The number of nitriles is 1. The van der Waals surface area contributed by atoms with E-state index in [0.29, 0.717) is 17.6 Å². The van der Waals surface area contributed by atoms with Crippen molar-refractivity contribution in [2.75, 3.05) is 18.5 Å². The molecule has 1 unspecified atom stereocenters. The summed E-state index contributed by atoms with van der Waals surface area (Å²) in [6.07, 6.45) is 3.32. The number of benzene rings is 2. The smallest absolute Gasteiger partial charge is 0.263 e. The SMILES string of the molecule is N#C/C(=C/Nc1cccc2c(O)cccc12)C(=O)NCC1CCCO1. The summed E-state index contributed by atoms with van der Waals surface area (Å²) >= 11 is 0. The van der Waals surface area contributed by atoms with E-state index in [1.54, 1.807) is 24.3 Å². The van der Waals surface area contributed by atoms with Crippen LogP contribution in [0.2, 0.25) is 0 Å². The number of carbonyl (C=O) groups excluding carboxylic acids is 1. The lowest BCUT2D eigenvalue weighted by molar-refractivity contribution is -0.117. The van der Waals surface area contributed by atoms with Crippen LogP contribution in [-0.4, -0.2) is 30.3 Å². The molecule has 0 bridgehead atoms. The van der Waals surface area contributed by atoms with Gasteiger partial charge in [-0.2, -0.15) is 5.26 Å². The lowest BCUT2D eigenvalue weighted by Crippen LogP contribution is -2.32. The van der Waals surface area contributed by atoms with E-state index in [4.69, 9.17) is 4.74 Å². The van der Waals surface area contributed by atoms with Crippen molar-refractivity contribution in [1.29, 1.82) is 5.26 Å². The Bertz CT molecular complexity index is 849. The molecule has 0 saturated carbocycles. The molecule has 1 fully saturated rings. The van der Waals surface area contributed by atoms with Gasteiger partial charge in [-0.25, -0.2) is 0 Å². The number of nitrogens with zero attached hydrogens (tertiary/aromatic N) is 1. The van der Waals surface area contributed by atoms with Crippen LogP contribution >= 0.6 is 0 Å². The number of hydrogen-bond donors (Lipinski definition) is 3. The number of amides is 1. The highest BCUT2D eigenvalue weighted by Gasteiger charge is 2.17. The fourth-order valence-electron chi connectivity index (χ4n) is 2.82. The standard InChI is InChI=1S/C19H19N3O3/c20-10-13(19(24)22-12-14-4-3-9-25-14)11-21-17-7-1-6-16-15(17)5-2-8-18(16)23/h1-2,5-8,11,14,21,23H,3-4,9,12H2,(H,22,24)/b13-11-. The minimum atomic E-state index is -0.436. The molecule has 2 aromatic rings. The van der Waals surface area contributed by atoms with Crippen LogP contribution in [0.3, 0.4) is 0 Å². The molecular weight excluding hydrogens is 318 g/mol. The van der Waals surface area contributed by atoms with Gasteiger partial charge in [0.25, 0.3) is 5.91 Å². The van der Waals surface area contributed by atoms with Gasteiger partial charge in [-0.15, -0.1) is 0 Å². The third-order valence-corrected chi connectivity index (χ3v) is 4.15. The molecule has 2 aromatic carbocycles. The van der Waals surface area contributed by atoms with Gasteiger partial charge in [0.2, 0.25) is 0 Å². The number of rotatable bonds is 5. The molecule has 1 saturated heterocycles. The maximum Gasteiger partial charge on any atom is 0.263 e. The molecule has 1 aliphatic heterocycles. The minimum Gasteiger partial charge on any atom is -0.507 e. The Balaban J connectivity index is 1.72. The average Bonchev–Trinajstić information content (AvgIpc) is 3.14. The van der Waals surface area contributed by atoms with Gasteiger partial charge in [0.15, 0.2) is 0 Å². The molecule has 1 atom stereocenters. The zero-order chi connectivity index (χ0) is 17.6. The largest absolute Gasteiger partial charge is 0.507 e.